The molecule has 1 N–H and O–H groups in total. The van der Waals surface area contributed by atoms with Crippen molar-refractivity contribution in [2.75, 3.05) is 16.8 Å². The van der Waals surface area contributed by atoms with Gasteiger partial charge >= 0.3 is 0 Å². The molecule has 17 heavy (non-hydrogen) atoms. The molecule has 0 aliphatic carbocycles. The molecule has 2 aromatic rings. The summed E-state index contributed by atoms with van der Waals surface area (Å²) in [4.78, 5) is 10.5. The van der Waals surface area contributed by atoms with E-state index in [1.807, 2.05) is 12.1 Å². The number of nitrogens with zero attached hydrogens (tertiary/aromatic N) is 2. The number of nitrogens with one attached hydrogen (secondary N) is 1. The third-order valence-electron chi connectivity index (χ3n) is 3.69. The van der Waals surface area contributed by atoms with Crippen LogP contribution in [0, 0.1) is 5.92 Å². The van der Waals surface area contributed by atoms with E-state index in [2.05, 4.69) is 49.9 Å². The van der Waals surface area contributed by atoms with Crippen molar-refractivity contribution < 1.29 is 0 Å². The van der Waals surface area contributed by atoms with Gasteiger partial charge in [0.25, 0.3) is 0 Å². The summed E-state index contributed by atoms with van der Waals surface area (Å²) in [6.07, 6.45) is 1.24. The fourth-order valence-electron chi connectivity index (χ4n) is 2.58. The average Bonchev–Trinajstić information content (AvgIpc) is 2.91. The van der Waals surface area contributed by atoms with E-state index in [1.54, 1.807) is 0 Å². The SMILES string of the molecule is CC1CCN(c2nc3ccccc3[nH]2)C1CBr. The number of halogens is 1. The Balaban J connectivity index is 1.98. The van der Waals surface area contributed by atoms with Gasteiger partial charge in [0.15, 0.2) is 0 Å². The molecular formula is C13H16BrN3. The van der Waals surface area contributed by atoms with E-state index < -0.39 is 0 Å². The second kappa shape index (κ2) is 4.33. The lowest BCUT2D eigenvalue weighted by atomic mass is 10.1. The molecule has 1 aromatic heterocycles. The van der Waals surface area contributed by atoms with Gasteiger partial charge in [-0.1, -0.05) is 35.0 Å². The molecule has 1 fully saturated rings. The topological polar surface area (TPSA) is 31.9 Å². The van der Waals surface area contributed by atoms with Crippen molar-refractivity contribution in [1.82, 2.24) is 9.97 Å². The van der Waals surface area contributed by atoms with Crippen molar-refractivity contribution in [3.63, 3.8) is 0 Å². The van der Waals surface area contributed by atoms with Crippen molar-refractivity contribution in [2.45, 2.75) is 19.4 Å². The van der Waals surface area contributed by atoms with E-state index in [1.165, 1.54) is 6.42 Å². The molecule has 3 rings (SSSR count). The first-order valence-corrected chi connectivity index (χ1v) is 7.19. The molecule has 0 bridgehead atoms. The van der Waals surface area contributed by atoms with Crippen LogP contribution < -0.4 is 4.90 Å². The van der Waals surface area contributed by atoms with E-state index in [0.717, 1.165) is 34.8 Å². The van der Waals surface area contributed by atoms with Gasteiger partial charge in [0, 0.05) is 17.9 Å². The summed E-state index contributed by atoms with van der Waals surface area (Å²) in [6, 6.07) is 8.75. The molecule has 2 heterocycles. The summed E-state index contributed by atoms with van der Waals surface area (Å²) >= 11 is 3.61. The Morgan fingerprint density at radius 3 is 3.06 bits per heavy atom. The Morgan fingerprint density at radius 1 is 1.47 bits per heavy atom. The maximum atomic E-state index is 4.68. The summed E-state index contributed by atoms with van der Waals surface area (Å²) in [5, 5.41) is 1.01. The van der Waals surface area contributed by atoms with Crippen LogP contribution in [-0.4, -0.2) is 27.9 Å². The van der Waals surface area contributed by atoms with Gasteiger partial charge in [0.2, 0.25) is 5.95 Å². The minimum atomic E-state index is 0.551. The number of rotatable bonds is 2. The Kier molecular flexibility index (Phi) is 2.82. The van der Waals surface area contributed by atoms with E-state index in [9.17, 15) is 0 Å². The van der Waals surface area contributed by atoms with Crippen molar-refractivity contribution >= 4 is 32.9 Å². The molecule has 2 atom stereocenters. The Morgan fingerprint density at radius 2 is 2.29 bits per heavy atom. The van der Waals surface area contributed by atoms with Crippen molar-refractivity contribution in [3.8, 4) is 0 Å². The summed E-state index contributed by atoms with van der Waals surface area (Å²) < 4.78 is 0. The average molecular weight is 294 g/mol. The number of alkyl halides is 1. The van der Waals surface area contributed by atoms with Gasteiger partial charge in [-0.3, -0.25) is 0 Å². The number of aromatic amines is 1. The molecule has 0 saturated carbocycles. The first kappa shape index (κ1) is 11.1. The molecule has 1 saturated heterocycles. The number of anilines is 1. The third-order valence-corrected chi connectivity index (χ3v) is 4.35. The third kappa shape index (κ3) is 1.84. The Hall–Kier alpha value is -1.03. The summed E-state index contributed by atoms with van der Waals surface area (Å²) in [5.41, 5.74) is 2.17. The number of imidazole rings is 1. The Labute approximate surface area is 109 Å². The normalized spacial score (nSPS) is 24.7. The predicted octanol–water partition coefficient (Wildman–Crippen LogP) is 3.17. The summed E-state index contributed by atoms with van der Waals surface area (Å²) in [5.74, 6) is 1.74. The van der Waals surface area contributed by atoms with Gasteiger partial charge in [-0.25, -0.2) is 4.98 Å². The minimum absolute atomic E-state index is 0.551. The van der Waals surface area contributed by atoms with Gasteiger partial charge < -0.3 is 9.88 Å². The molecule has 0 spiro atoms. The Bertz CT molecular complexity index is 489. The number of aromatic nitrogens is 2. The molecule has 1 aliphatic rings. The monoisotopic (exact) mass is 293 g/mol. The highest BCUT2D eigenvalue weighted by Crippen LogP contribution is 2.30. The van der Waals surface area contributed by atoms with Crippen LogP contribution >= 0.6 is 15.9 Å². The molecule has 0 radical (unpaired) electrons. The zero-order valence-corrected chi connectivity index (χ0v) is 11.4. The van der Waals surface area contributed by atoms with Crippen LogP contribution in [0.2, 0.25) is 0 Å². The largest absolute Gasteiger partial charge is 0.338 e. The van der Waals surface area contributed by atoms with Gasteiger partial charge in [0.05, 0.1) is 11.0 Å². The van der Waals surface area contributed by atoms with Gasteiger partial charge in [0.1, 0.15) is 0 Å². The molecule has 4 heteroatoms. The quantitative estimate of drug-likeness (QED) is 0.863. The number of para-hydroxylation sites is 2. The highest BCUT2D eigenvalue weighted by molar-refractivity contribution is 9.09. The zero-order valence-electron chi connectivity index (χ0n) is 9.86. The first-order valence-electron chi connectivity index (χ1n) is 6.07. The number of hydrogen-bond acceptors (Lipinski definition) is 2. The van der Waals surface area contributed by atoms with E-state index >= 15 is 0 Å². The number of H-pyrrole nitrogens is 1. The summed E-state index contributed by atoms with van der Waals surface area (Å²) in [7, 11) is 0. The van der Waals surface area contributed by atoms with E-state index in [0.29, 0.717) is 6.04 Å². The molecule has 90 valence electrons. The second-order valence-electron chi connectivity index (χ2n) is 4.76. The molecule has 0 amide bonds. The van der Waals surface area contributed by atoms with Crippen molar-refractivity contribution in [3.05, 3.63) is 24.3 Å². The molecule has 3 nitrogen and oxygen atoms in total. The van der Waals surface area contributed by atoms with Crippen LogP contribution in [0.3, 0.4) is 0 Å². The fraction of sp³-hybridized carbons (Fsp3) is 0.462. The number of hydrogen-bond donors (Lipinski definition) is 1. The van der Waals surface area contributed by atoms with E-state index in [-0.39, 0.29) is 0 Å². The van der Waals surface area contributed by atoms with E-state index in [4.69, 9.17) is 0 Å². The molecule has 2 unspecified atom stereocenters. The standard InChI is InChI=1S/C13H16BrN3/c1-9-6-7-17(12(9)8-14)13-15-10-4-2-3-5-11(10)16-13/h2-5,9,12H,6-8H2,1H3,(H,15,16). The second-order valence-corrected chi connectivity index (χ2v) is 5.41. The van der Waals surface area contributed by atoms with Crippen LogP contribution in [0.4, 0.5) is 5.95 Å². The summed E-state index contributed by atoms with van der Waals surface area (Å²) in [6.45, 7) is 3.41. The molecule has 1 aliphatic heterocycles. The fourth-order valence-corrected chi connectivity index (χ4v) is 3.57. The molecule has 1 aromatic carbocycles. The van der Waals surface area contributed by atoms with Crippen LogP contribution in [0.5, 0.6) is 0 Å². The minimum Gasteiger partial charge on any atom is -0.338 e. The van der Waals surface area contributed by atoms with Gasteiger partial charge in [-0.2, -0.15) is 0 Å². The lowest BCUT2D eigenvalue weighted by molar-refractivity contribution is 0.552. The smallest absolute Gasteiger partial charge is 0.204 e. The highest BCUT2D eigenvalue weighted by atomic mass is 79.9. The van der Waals surface area contributed by atoms with Gasteiger partial charge in [-0.15, -0.1) is 0 Å². The lowest BCUT2D eigenvalue weighted by Gasteiger charge is -2.24. The maximum absolute atomic E-state index is 4.68. The van der Waals surface area contributed by atoms with Gasteiger partial charge in [-0.05, 0) is 24.5 Å². The van der Waals surface area contributed by atoms with Crippen LogP contribution in [0.25, 0.3) is 11.0 Å². The molecular weight excluding hydrogens is 278 g/mol. The van der Waals surface area contributed by atoms with Crippen LogP contribution in [0.1, 0.15) is 13.3 Å². The maximum Gasteiger partial charge on any atom is 0.204 e. The van der Waals surface area contributed by atoms with Crippen molar-refractivity contribution in [1.29, 1.82) is 0 Å². The number of benzene rings is 1. The predicted molar refractivity (Wildman–Crippen MR) is 74.8 cm³/mol. The first-order chi connectivity index (χ1) is 8.29. The van der Waals surface area contributed by atoms with Crippen molar-refractivity contribution in [2.24, 2.45) is 5.92 Å². The zero-order chi connectivity index (χ0) is 11.8. The van der Waals surface area contributed by atoms with Crippen LogP contribution in [0.15, 0.2) is 24.3 Å². The van der Waals surface area contributed by atoms with Crippen LogP contribution in [-0.2, 0) is 0 Å². The highest BCUT2D eigenvalue weighted by Gasteiger charge is 2.31. The number of fused-ring (bicyclic) bond motifs is 1. The lowest BCUT2D eigenvalue weighted by Crippen LogP contribution is -2.34.